The molecule has 2 aliphatic rings. The first-order chi connectivity index (χ1) is 18.1. The number of terminal acetylenes is 1. The number of fused-ring (bicyclic) bond motifs is 1. The molecule has 10 heteroatoms. The van der Waals surface area contributed by atoms with Crippen LogP contribution in [0.1, 0.15) is 53.7 Å². The Morgan fingerprint density at radius 3 is 2.26 bits per heavy atom. The molecule has 1 fully saturated rings. The van der Waals surface area contributed by atoms with E-state index in [2.05, 4.69) is 18.2 Å². The van der Waals surface area contributed by atoms with Gasteiger partial charge in [-0.05, 0) is 48.7 Å². The van der Waals surface area contributed by atoms with Crippen molar-refractivity contribution in [3.05, 3.63) is 64.5 Å². The number of amides is 4. The summed E-state index contributed by atoms with van der Waals surface area (Å²) in [6, 6.07) is 9.65. The highest BCUT2D eigenvalue weighted by Gasteiger charge is 2.31. The molecule has 38 heavy (non-hydrogen) atoms. The maximum absolute atomic E-state index is 13.6. The number of ether oxygens (including phenoxy) is 1. The first kappa shape index (κ1) is 32.1. The molecular formula is C28H37FN4O5. The lowest BCUT2D eigenvalue weighted by molar-refractivity contribution is -0.119. The molecule has 9 nitrogen and oxygen atoms in total. The van der Waals surface area contributed by atoms with E-state index in [0.29, 0.717) is 19.4 Å². The summed E-state index contributed by atoms with van der Waals surface area (Å²) in [4.78, 5) is 35.0. The molecule has 2 aliphatic heterocycles. The van der Waals surface area contributed by atoms with Crippen molar-refractivity contribution in [3.63, 3.8) is 0 Å². The van der Waals surface area contributed by atoms with Crippen LogP contribution in [0.3, 0.4) is 0 Å². The molecular weight excluding hydrogens is 491 g/mol. The fourth-order valence-electron chi connectivity index (χ4n) is 4.06. The fraction of sp³-hybridized carbons (Fsp3) is 0.393. The number of carbonyl (C=O) groups excluding carboxylic acids is 3. The topological polar surface area (TPSA) is 134 Å². The number of rotatable bonds is 4. The molecule has 0 unspecified atom stereocenters. The van der Waals surface area contributed by atoms with Crippen molar-refractivity contribution < 1.29 is 28.6 Å². The van der Waals surface area contributed by atoms with E-state index in [0.717, 1.165) is 29.8 Å². The summed E-state index contributed by atoms with van der Waals surface area (Å²) in [6.45, 7) is 6.05. The van der Waals surface area contributed by atoms with Crippen LogP contribution in [0, 0.1) is 18.7 Å². The van der Waals surface area contributed by atoms with E-state index < -0.39 is 23.4 Å². The predicted octanol–water partition coefficient (Wildman–Crippen LogP) is 2.69. The summed E-state index contributed by atoms with van der Waals surface area (Å²) in [5.74, 6) is -1.16. The maximum Gasteiger partial charge on any atom is 0.318 e. The smallest absolute Gasteiger partial charge is 0.318 e. The molecule has 206 valence electrons. The number of primary amides is 1. The summed E-state index contributed by atoms with van der Waals surface area (Å²) >= 11 is 0. The third-order valence-electron chi connectivity index (χ3n) is 5.93. The van der Waals surface area contributed by atoms with E-state index in [1.165, 1.54) is 12.0 Å². The van der Waals surface area contributed by atoms with Gasteiger partial charge in [0.25, 0.3) is 5.91 Å². The number of aliphatic hydroxyl groups is 1. The number of nitrogens with zero attached hydrogens (tertiary/aromatic N) is 1. The highest BCUT2D eigenvalue weighted by atomic mass is 19.1. The van der Waals surface area contributed by atoms with E-state index in [4.69, 9.17) is 10.5 Å². The lowest BCUT2D eigenvalue weighted by atomic mass is 9.85. The number of nitrogens with one attached hydrogen (secondary N) is 2. The number of halogens is 1. The van der Waals surface area contributed by atoms with Crippen LogP contribution in [0.5, 0.6) is 5.75 Å². The Morgan fingerprint density at radius 1 is 1.16 bits per heavy atom. The van der Waals surface area contributed by atoms with Crippen molar-refractivity contribution in [1.29, 1.82) is 0 Å². The summed E-state index contributed by atoms with van der Waals surface area (Å²) < 4.78 is 18.4. The monoisotopic (exact) mass is 528 g/mol. The van der Waals surface area contributed by atoms with E-state index in [1.54, 1.807) is 31.3 Å². The Labute approximate surface area is 223 Å². The van der Waals surface area contributed by atoms with Crippen molar-refractivity contribution in [2.24, 2.45) is 5.73 Å². The first-order valence-electron chi connectivity index (χ1n) is 12.2. The van der Waals surface area contributed by atoms with Gasteiger partial charge in [-0.2, -0.15) is 0 Å². The standard InChI is InChI=1S/C14H19N3O3.C10H10FNO2.C2H6.C2H2/c15-13(19)17-12(18)9-10-1-3-11(4-2-10)14(20)5-7-16-8-6-14;1-12-5-6-3-4-7(14-2)9(11)8(6)10(12)13;2*1-2/h1-4,16,20H,5-9H2,(H3,15,17,18,19);3-4H,5H2,1-2H3;1-2H3;1-2H. The molecule has 0 radical (unpaired) electrons. The summed E-state index contributed by atoms with van der Waals surface area (Å²) in [5, 5.41) is 15.8. The van der Waals surface area contributed by atoms with Gasteiger partial charge >= 0.3 is 6.03 Å². The molecule has 2 aromatic carbocycles. The Bertz CT molecular complexity index is 1110. The van der Waals surface area contributed by atoms with Gasteiger partial charge < -0.3 is 25.8 Å². The molecule has 4 rings (SSSR count). The van der Waals surface area contributed by atoms with Crippen LogP contribution in [0.25, 0.3) is 0 Å². The van der Waals surface area contributed by atoms with Crippen LogP contribution in [0.15, 0.2) is 36.4 Å². The number of hydrogen-bond acceptors (Lipinski definition) is 6. The largest absolute Gasteiger partial charge is 0.494 e. The van der Waals surface area contributed by atoms with E-state index in [1.807, 2.05) is 31.3 Å². The Kier molecular flexibility index (Phi) is 13.0. The lowest BCUT2D eigenvalue weighted by Crippen LogP contribution is -2.39. The predicted molar refractivity (Wildman–Crippen MR) is 144 cm³/mol. The molecule has 2 aromatic rings. The number of benzene rings is 2. The number of piperidine rings is 1. The van der Waals surface area contributed by atoms with Gasteiger partial charge in [0.2, 0.25) is 5.91 Å². The molecule has 0 bridgehead atoms. The minimum atomic E-state index is -0.851. The van der Waals surface area contributed by atoms with E-state index >= 15 is 0 Å². The van der Waals surface area contributed by atoms with E-state index in [9.17, 15) is 23.9 Å². The zero-order chi connectivity index (χ0) is 28.9. The van der Waals surface area contributed by atoms with Gasteiger partial charge in [-0.1, -0.05) is 44.2 Å². The fourth-order valence-corrected chi connectivity index (χ4v) is 4.06. The second-order valence-electron chi connectivity index (χ2n) is 8.34. The Balaban J connectivity index is 0.000000351. The number of carbonyl (C=O) groups is 3. The van der Waals surface area contributed by atoms with Crippen molar-refractivity contribution >= 4 is 17.8 Å². The summed E-state index contributed by atoms with van der Waals surface area (Å²) in [7, 11) is 3.03. The molecule has 2 heterocycles. The van der Waals surface area contributed by atoms with Gasteiger partial charge in [0.05, 0.1) is 24.7 Å². The molecule has 0 saturated carbocycles. The third-order valence-corrected chi connectivity index (χ3v) is 5.93. The average Bonchev–Trinajstić information content (AvgIpc) is 3.21. The quantitative estimate of drug-likeness (QED) is 0.451. The zero-order valence-corrected chi connectivity index (χ0v) is 22.3. The Morgan fingerprint density at radius 2 is 1.74 bits per heavy atom. The van der Waals surface area contributed by atoms with Crippen LogP contribution < -0.4 is 21.1 Å². The van der Waals surface area contributed by atoms with Crippen LogP contribution in [0.4, 0.5) is 9.18 Å². The summed E-state index contributed by atoms with van der Waals surface area (Å²) in [6.07, 6.45) is 9.44. The van der Waals surface area contributed by atoms with Crippen LogP contribution in [-0.4, -0.2) is 55.1 Å². The normalized spacial score (nSPS) is 14.7. The molecule has 0 spiro atoms. The van der Waals surface area contributed by atoms with Gasteiger partial charge in [0, 0.05) is 13.6 Å². The number of nitrogens with two attached hydrogens (primary N) is 1. The van der Waals surface area contributed by atoms with Gasteiger partial charge in [-0.3, -0.25) is 14.9 Å². The van der Waals surface area contributed by atoms with Crippen molar-refractivity contribution in [3.8, 4) is 18.6 Å². The molecule has 5 N–H and O–H groups in total. The second kappa shape index (κ2) is 15.3. The maximum atomic E-state index is 13.6. The SMILES string of the molecule is C#C.CC.COc1ccc2c(c1F)C(=O)N(C)C2.NC(=O)NC(=O)Cc1ccc(C2(O)CCNCC2)cc1. The van der Waals surface area contributed by atoms with Crippen molar-refractivity contribution in [2.45, 2.75) is 45.3 Å². The molecule has 0 atom stereocenters. The van der Waals surface area contributed by atoms with Gasteiger partial charge in [-0.25, -0.2) is 9.18 Å². The molecule has 0 aliphatic carbocycles. The minimum Gasteiger partial charge on any atom is -0.494 e. The van der Waals surface area contributed by atoms with E-state index in [-0.39, 0.29) is 23.6 Å². The van der Waals surface area contributed by atoms with Gasteiger partial charge in [0.15, 0.2) is 11.6 Å². The first-order valence-corrected chi connectivity index (χ1v) is 12.2. The Hall–Kier alpha value is -3.94. The number of hydrogen-bond donors (Lipinski definition) is 4. The summed E-state index contributed by atoms with van der Waals surface area (Å²) in [5.41, 5.74) is 6.58. The molecule has 4 amide bonds. The van der Waals surface area contributed by atoms with Crippen molar-refractivity contribution in [2.75, 3.05) is 27.2 Å². The lowest BCUT2D eigenvalue weighted by Gasteiger charge is -2.33. The minimum absolute atomic E-state index is 0.0865. The van der Waals surface area contributed by atoms with Crippen LogP contribution in [-0.2, 0) is 23.4 Å². The number of urea groups is 1. The zero-order valence-electron chi connectivity index (χ0n) is 22.3. The van der Waals surface area contributed by atoms with Crippen LogP contribution >= 0.6 is 0 Å². The van der Waals surface area contributed by atoms with Crippen molar-refractivity contribution in [1.82, 2.24) is 15.5 Å². The van der Waals surface area contributed by atoms with Gasteiger partial charge in [-0.15, -0.1) is 12.8 Å². The van der Waals surface area contributed by atoms with Crippen LogP contribution in [0.2, 0.25) is 0 Å². The number of methoxy groups -OCH3 is 1. The van der Waals surface area contributed by atoms with Gasteiger partial charge in [0.1, 0.15) is 0 Å². The average molecular weight is 529 g/mol. The second-order valence-corrected chi connectivity index (χ2v) is 8.34. The number of imide groups is 1. The third kappa shape index (κ3) is 8.30. The molecule has 1 saturated heterocycles. The molecule has 0 aromatic heterocycles. The highest BCUT2D eigenvalue weighted by Crippen LogP contribution is 2.31. The highest BCUT2D eigenvalue weighted by molar-refractivity contribution is 5.98.